The molecule has 1 aliphatic heterocycles. The highest BCUT2D eigenvalue weighted by Crippen LogP contribution is 2.21. The first-order valence-corrected chi connectivity index (χ1v) is 12.0. The van der Waals surface area contributed by atoms with Gasteiger partial charge in [-0.3, -0.25) is 4.79 Å². The summed E-state index contributed by atoms with van der Waals surface area (Å²) in [5.41, 5.74) is 2.90. The maximum absolute atomic E-state index is 13.1. The molecule has 0 unspecified atom stereocenters. The minimum absolute atomic E-state index is 0.0202. The van der Waals surface area contributed by atoms with E-state index in [0.29, 0.717) is 37.6 Å². The Morgan fingerprint density at radius 3 is 2.43 bits per heavy atom. The van der Waals surface area contributed by atoms with Crippen molar-refractivity contribution < 1.29 is 18.1 Å². The molecule has 2 aromatic carbocycles. The number of rotatable bonds is 7. The fourth-order valence-electron chi connectivity index (χ4n) is 3.88. The van der Waals surface area contributed by atoms with Gasteiger partial charge < -0.3 is 10.2 Å². The molecular formula is C23H32N3O3S+. The van der Waals surface area contributed by atoms with Crippen LogP contribution in [-0.4, -0.2) is 57.4 Å². The number of aryl methyl sites for hydroxylation is 2. The number of amides is 1. The predicted octanol–water partition coefficient (Wildman–Crippen LogP) is 0.940. The number of hydrogen-bond acceptors (Lipinski definition) is 3. The van der Waals surface area contributed by atoms with Gasteiger partial charge in [-0.25, -0.2) is 8.42 Å². The Morgan fingerprint density at radius 2 is 1.77 bits per heavy atom. The molecule has 2 N–H and O–H groups in total. The Bertz CT molecular complexity index is 968. The zero-order valence-electron chi connectivity index (χ0n) is 18.0. The third kappa shape index (κ3) is 5.28. The molecule has 7 heteroatoms. The quantitative estimate of drug-likeness (QED) is 0.687. The van der Waals surface area contributed by atoms with E-state index in [1.54, 1.807) is 10.4 Å². The highest BCUT2D eigenvalue weighted by atomic mass is 32.2. The van der Waals surface area contributed by atoms with Crippen molar-refractivity contribution in [1.29, 1.82) is 0 Å². The molecule has 162 valence electrons. The van der Waals surface area contributed by atoms with Crippen molar-refractivity contribution in [3.63, 3.8) is 0 Å². The Morgan fingerprint density at radius 1 is 1.10 bits per heavy atom. The van der Waals surface area contributed by atoms with E-state index >= 15 is 0 Å². The van der Waals surface area contributed by atoms with Crippen molar-refractivity contribution in [3.05, 3.63) is 65.2 Å². The van der Waals surface area contributed by atoms with Gasteiger partial charge in [0.15, 0.2) is 6.04 Å². The minimum Gasteiger partial charge on any atom is -0.351 e. The summed E-state index contributed by atoms with van der Waals surface area (Å²) in [5, 5.41) is 3.02. The number of carbonyl (C=O) groups is 1. The van der Waals surface area contributed by atoms with Gasteiger partial charge in [-0.1, -0.05) is 42.5 Å². The van der Waals surface area contributed by atoms with E-state index in [1.807, 2.05) is 51.1 Å². The van der Waals surface area contributed by atoms with E-state index in [1.165, 1.54) is 5.56 Å². The number of piperazine rings is 1. The average molecular weight is 431 g/mol. The molecule has 1 aliphatic rings. The topological polar surface area (TPSA) is 70.9 Å². The minimum atomic E-state index is -3.51. The summed E-state index contributed by atoms with van der Waals surface area (Å²) in [6.45, 7) is 8.35. The van der Waals surface area contributed by atoms with Crippen LogP contribution >= 0.6 is 0 Å². The maximum Gasteiger partial charge on any atom is 0.278 e. The number of sulfonamides is 1. The highest BCUT2D eigenvalue weighted by Gasteiger charge is 2.34. The van der Waals surface area contributed by atoms with Gasteiger partial charge in [0, 0.05) is 6.54 Å². The van der Waals surface area contributed by atoms with Crippen molar-refractivity contribution in [2.24, 2.45) is 0 Å². The number of benzene rings is 2. The van der Waals surface area contributed by atoms with E-state index in [2.05, 4.69) is 17.4 Å². The van der Waals surface area contributed by atoms with Crippen LogP contribution in [0.2, 0.25) is 0 Å². The van der Waals surface area contributed by atoms with E-state index in [4.69, 9.17) is 0 Å². The zero-order valence-corrected chi connectivity index (χ0v) is 18.8. The van der Waals surface area contributed by atoms with Crippen molar-refractivity contribution in [3.8, 4) is 0 Å². The predicted molar refractivity (Wildman–Crippen MR) is 118 cm³/mol. The fourth-order valence-corrected chi connectivity index (χ4v) is 5.64. The molecule has 3 rings (SSSR count). The number of carbonyl (C=O) groups excluding carboxylic acids is 1. The zero-order chi connectivity index (χ0) is 21.7. The molecule has 2 aromatic rings. The van der Waals surface area contributed by atoms with Crippen molar-refractivity contribution >= 4 is 15.9 Å². The van der Waals surface area contributed by atoms with Crippen LogP contribution in [0.3, 0.4) is 0 Å². The molecule has 1 heterocycles. The second-order valence-electron chi connectivity index (χ2n) is 8.08. The van der Waals surface area contributed by atoms with Gasteiger partial charge in [-0.15, -0.1) is 0 Å². The van der Waals surface area contributed by atoms with Gasteiger partial charge in [0.2, 0.25) is 10.0 Å². The van der Waals surface area contributed by atoms with Crippen LogP contribution in [0.25, 0.3) is 0 Å². The SMILES string of the molecule is Cc1ccc(C)c(S(=O)(=O)N2CC[NH+]([C@@H](C)C(=O)NCCc3ccccc3)CC2)c1. The lowest BCUT2D eigenvalue weighted by molar-refractivity contribution is -0.917. The molecule has 0 aromatic heterocycles. The van der Waals surface area contributed by atoms with Crippen LogP contribution in [0.1, 0.15) is 23.6 Å². The second-order valence-corrected chi connectivity index (χ2v) is 9.99. The summed E-state index contributed by atoms with van der Waals surface area (Å²) >= 11 is 0. The normalized spacial score (nSPS) is 16.9. The van der Waals surface area contributed by atoms with Gasteiger partial charge >= 0.3 is 0 Å². The molecule has 30 heavy (non-hydrogen) atoms. The van der Waals surface area contributed by atoms with Crippen LogP contribution in [0.5, 0.6) is 0 Å². The number of hydrogen-bond donors (Lipinski definition) is 2. The monoisotopic (exact) mass is 430 g/mol. The van der Waals surface area contributed by atoms with E-state index in [-0.39, 0.29) is 11.9 Å². The van der Waals surface area contributed by atoms with Gasteiger partial charge in [0.1, 0.15) is 0 Å². The first-order valence-electron chi connectivity index (χ1n) is 10.5. The third-order valence-corrected chi connectivity index (χ3v) is 7.93. The van der Waals surface area contributed by atoms with Gasteiger partial charge in [0.05, 0.1) is 31.1 Å². The van der Waals surface area contributed by atoms with Gasteiger partial charge in [-0.2, -0.15) is 4.31 Å². The van der Waals surface area contributed by atoms with E-state index in [9.17, 15) is 13.2 Å². The van der Waals surface area contributed by atoms with Crippen LogP contribution in [0.15, 0.2) is 53.4 Å². The smallest absolute Gasteiger partial charge is 0.278 e. The lowest BCUT2D eigenvalue weighted by Crippen LogP contribution is -3.19. The molecule has 1 saturated heterocycles. The summed E-state index contributed by atoms with van der Waals surface area (Å²) in [7, 11) is -3.51. The van der Waals surface area contributed by atoms with E-state index < -0.39 is 10.0 Å². The lowest BCUT2D eigenvalue weighted by Gasteiger charge is -2.34. The Balaban J connectivity index is 1.53. The van der Waals surface area contributed by atoms with Crippen molar-refractivity contribution in [2.45, 2.75) is 38.1 Å². The molecule has 6 nitrogen and oxygen atoms in total. The fraction of sp³-hybridized carbons (Fsp3) is 0.435. The molecule has 1 atom stereocenters. The first kappa shape index (κ1) is 22.5. The Kier molecular flexibility index (Phi) is 7.28. The molecule has 0 aliphatic carbocycles. The van der Waals surface area contributed by atoms with Crippen LogP contribution in [0.4, 0.5) is 0 Å². The molecule has 1 amide bonds. The summed E-state index contributed by atoms with van der Waals surface area (Å²) in [6.07, 6.45) is 0.802. The molecule has 0 bridgehead atoms. The summed E-state index contributed by atoms with van der Waals surface area (Å²) in [4.78, 5) is 14.1. The summed E-state index contributed by atoms with van der Waals surface area (Å²) in [5.74, 6) is 0.0202. The molecule has 1 fully saturated rings. The van der Waals surface area contributed by atoms with Crippen LogP contribution in [0, 0.1) is 13.8 Å². The molecule has 0 spiro atoms. The molecular weight excluding hydrogens is 398 g/mol. The second kappa shape index (κ2) is 9.73. The Hall–Kier alpha value is -2.22. The standard InChI is InChI=1S/C23H31N3O3S/c1-18-9-10-19(2)22(17-18)30(28,29)26-15-13-25(14-16-26)20(3)23(27)24-12-11-21-7-5-4-6-8-21/h4-10,17,20H,11-16H2,1-3H3,(H,24,27)/p+1/t20-/m0/s1. The first-order chi connectivity index (χ1) is 14.3. The van der Waals surface area contributed by atoms with Gasteiger partial charge in [-0.05, 0) is 49.9 Å². The summed E-state index contributed by atoms with van der Waals surface area (Å²) < 4.78 is 27.7. The number of quaternary nitrogens is 1. The molecule has 0 saturated carbocycles. The highest BCUT2D eigenvalue weighted by molar-refractivity contribution is 7.89. The number of nitrogens with zero attached hydrogens (tertiary/aromatic N) is 1. The van der Waals surface area contributed by atoms with Gasteiger partial charge in [0.25, 0.3) is 5.91 Å². The van der Waals surface area contributed by atoms with Crippen molar-refractivity contribution in [1.82, 2.24) is 9.62 Å². The maximum atomic E-state index is 13.1. The summed E-state index contributed by atoms with van der Waals surface area (Å²) in [6, 6.07) is 15.4. The van der Waals surface area contributed by atoms with Crippen LogP contribution in [-0.2, 0) is 21.2 Å². The Labute approximate surface area is 179 Å². The number of nitrogens with one attached hydrogen (secondary N) is 2. The van der Waals surface area contributed by atoms with Crippen molar-refractivity contribution in [2.75, 3.05) is 32.7 Å². The molecule has 0 radical (unpaired) electrons. The van der Waals surface area contributed by atoms with E-state index in [0.717, 1.165) is 22.4 Å². The third-order valence-electron chi connectivity index (χ3n) is 5.89. The largest absolute Gasteiger partial charge is 0.351 e. The van der Waals surface area contributed by atoms with Crippen LogP contribution < -0.4 is 10.2 Å². The average Bonchev–Trinajstić information content (AvgIpc) is 2.75. The lowest BCUT2D eigenvalue weighted by atomic mass is 10.1.